The first-order valence-corrected chi connectivity index (χ1v) is 7.54. The molecular weight excluding hydrogens is 292 g/mol. The molecule has 0 N–H and O–H groups in total. The van der Waals surface area contributed by atoms with Crippen molar-refractivity contribution in [3.63, 3.8) is 0 Å². The maximum absolute atomic E-state index is 11.5. The summed E-state index contributed by atoms with van der Waals surface area (Å²) in [6, 6.07) is 3.94. The Kier molecular flexibility index (Phi) is 4.33. The van der Waals surface area contributed by atoms with Gasteiger partial charge in [0.2, 0.25) is 5.89 Å². The fourth-order valence-corrected chi connectivity index (χ4v) is 2.90. The second-order valence-electron chi connectivity index (χ2n) is 4.74. The van der Waals surface area contributed by atoms with Gasteiger partial charge >= 0.3 is 5.97 Å². The second-order valence-corrected chi connectivity index (χ2v) is 5.69. The standard InChI is InChI=1S/C14H16N2O4S/c1-18-14(17)11-8-16(4-5-19-11)7-10-9-20-13(15-10)12-3-2-6-21-12/h2-3,6,9,11H,4-5,7-8H2,1H3. The number of carbonyl (C=O) groups is 1. The molecule has 0 saturated carbocycles. The molecule has 3 rings (SSSR count). The van der Waals surface area contributed by atoms with Crippen molar-refractivity contribution in [2.45, 2.75) is 12.6 Å². The quantitative estimate of drug-likeness (QED) is 0.802. The van der Waals surface area contributed by atoms with Crippen LogP contribution in [0.3, 0.4) is 0 Å². The lowest BCUT2D eigenvalue weighted by atomic mass is 10.2. The Balaban J connectivity index is 1.62. The predicted molar refractivity (Wildman–Crippen MR) is 76.8 cm³/mol. The molecule has 3 heterocycles. The number of nitrogens with zero attached hydrogens (tertiary/aromatic N) is 2. The first-order chi connectivity index (χ1) is 10.3. The van der Waals surface area contributed by atoms with Crippen LogP contribution in [0.25, 0.3) is 10.8 Å². The summed E-state index contributed by atoms with van der Waals surface area (Å²) in [6.07, 6.45) is 1.14. The number of esters is 1. The summed E-state index contributed by atoms with van der Waals surface area (Å²) in [7, 11) is 1.37. The van der Waals surface area contributed by atoms with Gasteiger partial charge in [-0.15, -0.1) is 11.3 Å². The van der Waals surface area contributed by atoms with Crippen LogP contribution in [0, 0.1) is 0 Å². The molecule has 1 aliphatic rings. The van der Waals surface area contributed by atoms with Crippen molar-refractivity contribution in [2.24, 2.45) is 0 Å². The van der Waals surface area contributed by atoms with Gasteiger partial charge in [0.25, 0.3) is 0 Å². The van der Waals surface area contributed by atoms with E-state index in [0.29, 0.717) is 25.6 Å². The first kappa shape index (κ1) is 14.2. The van der Waals surface area contributed by atoms with Gasteiger partial charge in [-0.1, -0.05) is 6.07 Å². The lowest BCUT2D eigenvalue weighted by molar-refractivity contribution is -0.160. The van der Waals surface area contributed by atoms with Gasteiger partial charge in [-0.3, -0.25) is 4.90 Å². The fourth-order valence-electron chi connectivity index (χ4n) is 2.24. The summed E-state index contributed by atoms with van der Waals surface area (Å²) >= 11 is 1.59. The third-order valence-corrected chi connectivity index (χ3v) is 4.14. The van der Waals surface area contributed by atoms with Crippen LogP contribution in [0.1, 0.15) is 5.69 Å². The zero-order valence-corrected chi connectivity index (χ0v) is 12.5. The highest BCUT2D eigenvalue weighted by Gasteiger charge is 2.27. The minimum Gasteiger partial charge on any atom is -0.467 e. The Morgan fingerprint density at radius 1 is 1.62 bits per heavy atom. The molecule has 1 saturated heterocycles. The van der Waals surface area contributed by atoms with Crippen molar-refractivity contribution in [3.05, 3.63) is 29.5 Å². The zero-order valence-electron chi connectivity index (χ0n) is 11.7. The van der Waals surface area contributed by atoms with E-state index in [-0.39, 0.29) is 5.97 Å². The van der Waals surface area contributed by atoms with Gasteiger partial charge in [0.05, 0.1) is 24.3 Å². The molecule has 2 aromatic rings. The summed E-state index contributed by atoms with van der Waals surface area (Å²) in [5, 5.41) is 1.99. The van der Waals surface area contributed by atoms with Gasteiger partial charge in [-0.2, -0.15) is 0 Å². The number of rotatable bonds is 4. The van der Waals surface area contributed by atoms with Crippen LogP contribution in [-0.2, 0) is 20.8 Å². The monoisotopic (exact) mass is 308 g/mol. The molecule has 0 aromatic carbocycles. The van der Waals surface area contributed by atoms with Crippen LogP contribution < -0.4 is 0 Å². The molecule has 1 unspecified atom stereocenters. The smallest absolute Gasteiger partial charge is 0.336 e. The number of carbonyl (C=O) groups excluding carboxylic acids is 1. The highest BCUT2D eigenvalue weighted by molar-refractivity contribution is 7.13. The molecule has 1 fully saturated rings. The van der Waals surface area contributed by atoms with Crippen molar-refractivity contribution in [2.75, 3.05) is 26.8 Å². The van der Waals surface area contributed by atoms with Gasteiger partial charge in [-0.05, 0) is 11.4 Å². The average Bonchev–Trinajstić information content (AvgIpc) is 3.17. The van der Waals surface area contributed by atoms with E-state index in [1.165, 1.54) is 7.11 Å². The van der Waals surface area contributed by atoms with Crippen molar-refractivity contribution in [3.8, 4) is 10.8 Å². The minimum atomic E-state index is -0.521. The number of ether oxygens (including phenoxy) is 2. The van der Waals surface area contributed by atoms with Gasteiger partial charge in [0.15, 0.2) is 6.10 Å². The van der Waals surface area contributed by atoms with E-state index in [0.717, 1.165) is 17.1 Å². The van der Waals surface area contributed by atoms with Crippen molar-refractivity contribution in [1.29, 1.82) is 0 Å². The minimum absolute atomic E-state index is 0.334. The number of methoxy groups -OCH3 is 1. The van der Waals surface area contributed by atoms with Crippen LogP contribution in [0.15, 0.2) is 28.2 Å². The lowest BCUT2D eigenvalue weighted by Gasteiger charge is -2.30. The summed E-state index contributed by atoms with van der Waals surface area (Å²) in [5.74, 6) is 0.303. The zero-order chi connectivity index (χ0) is 14.7. The number of hydrogen-bond donors (Lipinski definition) is 0. The number of hydrogen-bond acceptors (Lipinski definition) is 7. The normalized spacial score (nSPS) is 19.6. The molecule has 21 heavy (non-hydrogen) atoms. The van der Waals surface area contributed by atoms with E-state index in [1.54, 1.807) is 17.6 Å². The van der Waals surface area contributed by atoms with Gasteiger partial charge in [0, 0.05) is 19.6 Å². The molecule has 0 radical (unpaired) electrons. The Hall–Kier alpha value is -1.70. The summed E-state index contributed by atoms with van der Waals surface area (Å²) in [5.41, 5.74) is 0.851. The van der Waals surface area contributed by atoms with E-state index >= 15 is 0 Å². The Labute approximate surface area is 126 Å². The highest BCUT2D eigenvalue weighted by Crippen LogP contribution is 2.24. The molecular formula is C14H16N2O4S. The molecule has 1 aliphatic heterocycles. The Bertz CT molecular complexity index is 596. The molecule has 112 valence electrons. The van der Waals surface area contributed by atoms with Crippen molar-refractivity contribution >= 4 is 17.3 Å². The van der Waals surface area contributed by atoms with E-state index in [1.807, 2.05) is 17.5 Å². The van der Waals surface area contributed by atoms with Crippen LogP contribution >= 0.6 is 11.3 Å². The largest absolute Gasteiger partial charge is 0.467 e. The van der Waals surface area contributed by atoms with E-state index in [4.69, 9.17) is 13.9 Å². The summed E-state index contributed by atoms with van der Waals surface area (Å²) in [4.78, 5) is 19.1. The summed E-state index contributed by atoms with van der Waals surface area (Å²) in [6.45, 7) is 2.41. The van der Waals surface area contributed by atoms with Gasteiger partial charge < -0.3 is 13.9 Å². The van der Waals surface area contributed by atoms with Crippen molar-refractivity contribution < 1.29 is 18.7 Å². The van der Waals surface area contributed by atoms with Crippen LogP contribution in [0.5, 0.6) is 0 Å². The molecule has 0 amide bonds. The van der Waals surface area contributed by atoms with E-state index in [2.05, 4.69) is 9.88 Å². The van der Waals surface area contributed by atoms with Gasteiger partial charge in [0.1, 0.15) is 6.26 Å². The maximum Gasteiger partial charge on any atom is 0.336 e. The number of oxazole rings is 1. The second kappa shape index (κ2) is 6.38. The van der Waals surface area contributed by atoms with Crippen LogP contribution in [0.4, 0.5) is 0 Å². The molecule has 2 aromatic heterocycles. The topological polar surface area (TPSA) is 64.8 Å². The molecule has 7 heteroatoms. The average molecular weight is 308 g/mol. The molecule has 0 bridgehead atoms. The lowest BCUT2D eigenvalue weighted by Crippen LogP contribution is -2.46. The molecule has 1 atom stereocenters. The Morgan fingerprint density at radius 2 is 2.52 bits per heavy atom. The third-order valence-electron chi connectivity index (χ3n) is 3.28. The van der Waals surface area contributed by atoms with E-state index < -0.39 is 6.10 Å². The number of morpholine rings is 1. The number of thiophene rings is 1. The number of aromatic nitrogens is 1. The fraction of sp³-hybridized carbons (Fsp3) is 0.429. The van der Waals surface area contributed by atoms with Gasteiger partial charge in [-0.25, -0.2) is 9.78 Å². The third kappa shape index (κ3) is 3.31. The summed E-state index contributed by atoms with van der Waals surface area (Å²) < 4.78 is 15.6. The SMILES string of the molecule is COC(=O)C1CN(Cc2coc(-c3cccs3)n2)CCO1. The first-order valence-electron chi connectivity index (χ1n) is 6.66. The van der Waals surface area contributed by atoms with Crippen LogP contribution in [-0.4, -0.2) is 48.8 Å². The maximum atomic E-state index is 11.5. The van der Waals surface area contributed by atoms with E-state index in [9.17, 15) is 4.79 Å². The van der Waals surface area contributed by atoms with Crippen LogP contribution in [0.2, 0.25) is 0 Å². The van der Waals surface area contributed by atoms with Crippen molar-refractivity contribution in [1.82, 2.24) is 9.88 Å². The molecule has 0 aliphatic carbocycles. The molecule has 0 spiro atoms. The molecule has 6 nitrogen and oxygen atoms in total. The predicted octanol–water partition coefficient (Wildman–Crippen LogP) is 1.78. The highest BCUT2D eigenvalue weighted by atomic mass is 32.1. The Morgan fingerprint density at radius 3 is 3.29 bits per heavy atom.